The van der Waals surface area contributed by atoms with E-state index in [4.69, 9.17) is 9.15 Å². The van der Waals surface area contributed by atoms with Crippen LogP contribution in [0.15, 0.2) is 47.1 Å². The minimum Gasteiger partial charge on any atom is -0.459 e. The van der Waals surface area contributed by atoms with Crippen LogP contribution < -0.4 is 0 Å². The minimum absolute atomic E-state index is 0.0311. The molecule has 8 heteroatoms. The van der Waals surface area contributed by atoms with Crippen molar-refractivity contribution in [1.82, 2.24) is 24.9 Å². The van der Waals surface area contributed by atoms with Gasteiger partial charge in [-0.05, 0) is 60.5 Å². The molecule has 0 radical (unpaired) electrons. The summed E-state index contributed by atoms with van der Waals surface area (Å²) in [4.78, 5) is 14.9. The van der Waals surface area contributed by atoms with Crippen LogP contribution in [0, 0.1) is 6.92 Å². The molecular weight excluding hydrogens is 370 g/mol. The number of tetrazole rings is 1. The third-order valence-corrected chi connectivity index (χ3v) is 5.33. The highest BCUT2D eigenvalue weighted by molar-refractivity contribution is 5.91. The first-order valence-corrected chi connectivity index (χ1v) is 9.74. The van der Waals surface area contributed by atoms with Gasteiger partial charge < -0.3 is 14.1 Å². The normalized spacial score (nSPS) is 16.7. The van der Waals surface area contributed by atoms with Crippen molar-refractivity contribution in [2.45, 2.75) is 32.4 Å². The van der Waals surface area contributed by atoms with Crippen LogP contribution in [-0.4, -0.2) is 50.1 Å². The van der Waals surface area contributed by atoms with Gasteiger partial charge in [-0.2, -0.15) is 4.52 Å². The lowest BCUT2D eigenvalue weighted by atomic mass is 10.1. The van der Waals surface area contributed by atoms with Gasteiger partial charge in [0.15, 0.2) is 11.4 Å². The fourth-order valence-corrected chi connectivity index (χ4v) is 3.92. The van der Waals surface area contributed by atoms with Gasteiger partial charge in [-0.15, -0.1) is 5.10 Å². The van der Waals surface area contributed by atoms with E-state index >= 15 is 0 Å². The number of furan rings is 1. The second-order valence-electron chi connectivity index (χ2n) is 7.44. The molecule has 0 aliphatic carbocycles. The Morgan fingerprint density at radius 1 is 1.31 bits per heavy atom. The molecule has 1 saturated heterocycles. The zero-order valence-electron chi connectivity index (χ0n) is 16.1. The van der Waals surface area contributed by atoms with Gasteiger partial charge in [-0.25, -0.2) is 0 Å². The van der Waals surface area contributed by atoms with Gasteiger partial charge in [-0.1, -0.05) is 11.6 Å². The molecule has 5 rings (SSSR count). The Morgan fingerprint density at radius 3 is 3.03 bits per heavy atom. The molecule has 1 aliphatic rings. The molecule has 0 unspecified atom stereocenters. The fraction of sp³-hybridized carbons (Fsp3) is 0.333. The van der Waals surface area contributed by atoms with E-state index in [1.807, 2.05) is 19.1 Å². The minimum atomic E-state index is -0.166. The molecule has 8 nitrogen and oxygen atoms in total. The summed E-state index contributed by atoms with van der Waals surface area (Å²) in [5, 5.41) is 13.2. The number of benzene rings is 1. The number of ether oxygens (including phenoxy) is 1. The summed E-state index contributed by atoms with van der Waals surface area (Å²) >= 11 is 0. The van der Waals surface area contributed by atoms with Crippen molar-refractivity contribution in [3.05, 3.63) is 59.5 Å². The number of hydrogen-bond donors (Lipinski definition) is 0. The van der Waals surface area contributed by atoms with Crippen molar-refractivity contribution in [2.75, 3.05) is 13.2 Å². The first kappa shape index (κ1) is 17.8. The summed E-state index contributed by atoms with van der Waals surface area (Å²) in [5.74, 6) is 0.149. The summed E-state index contributed by atoms with van der Waals surface area (Å²) in [6.45, 7) is 3.65. The average molecular weight is 391 g/mol. The first-order valence-electron chi connectivity index (χ1n) is 9.74. The number of carbonyl (C=O) groups is 1. The Labute approximate surface area is 167 Å². The number of hydrogen-bond acceptors (Lipinski definition) is 6. The van der Waals surface area contributed by atoms with E-state index in [2.05, 4.69) is 27.7 Å². The van der Waals surface area contributed by atoms with Crippen LogP contribution >= 0.6 is 0 Å². The van der Waals surface area contributed by atoms with Crippen LogP contribution in [0.2, 0.25) is 0 Å². The van der Waals surface area contributed by atoms with Crippen molar-refractivity contribution in [3.63, 3.8) is 0 Å². The summed E-state index contributed by atoms with van der Waals surface area (Å²) < 4.78 is 12.9. The number of carbonyl (C=O) groups excluding carboxylic acids is 1. The molecule has 148 valence electrons. The van der Waals surface area contributed by atoms with Gasteiger partial charge >= 0.3 is 0 Å². The zero-order chi connectivity index (χ0) is 19.8. The van der Waals surface area contributed by atoms with E-state index in [9.17, 15) is 4.79 Å². The molecule has 1 aromatic carbocycles. The number of pyridine rings is 1. The number of nitrogens with zero attached hydrogens (tertiary/aromatic N) is 5. The van der Waals surface area contributed by atoms with Crippen molar-refractivity contribution >= 4 is 22.5 Å². The first-order chi connectivity index (χ1) is 14.2. The highest BCUT2D eigenvalue weighted by atomic mass is 16.5. The van der Waals surface area contributed by atoms with Crippen LogP contribution in [0.4, 0.5) is 0 Å². The Kier molecular flexibility index (Phi) is 4.48. The molecule has 0 saturated carbocycles. The highest BCUT2D eigenvalue weighted by Gasteiger charge is 2.26. The van der Waals surface area contributed by atoms with Gasteiger partial charge in [0.05, 0.1) is 17.9 Å². The molecule has 1 atom stereocenters. The van der Waals surface area contributed by atoms with Gasteiger partial charge in [0.25, 0.3) is 5.91 Å². The van der Waals surface area contributed by atoms with E-state index in [1.54, 1.807) is 21.5 Å². The Balaban J connectivity index is 1.55. The molecule has 4 aromatic rings. The largest absolute Gasteiger partial charge is 0.459 e. The number of rotatable bonds is 5. The smallest absolute Gasteiger partial charge is 0.289 e. The van der Waals surface area contributed by atoms with E-state index in [-0.39, 0.29) is 12.0 Å². The lowest BCUT2D eigenvalue weighted by Gasteiger charge is -2.25. The summed E-state index contributed by atoms with van der Waals surface area (Å²) in [5.41, 5.74) is 3.61. The summed E-state index contributed by atoms with van der Waals surface area (Å²) in [7, 11) is 0. The quantitative estimate of drug-likeness (QED) is 0.520. The molecule has 4 heterocycles. The number of aryl methyl sites for hydroxylation is 1. The van der Waals surface area contributed by atoms with E-state index in [1.165, 1.54) is 6.26 Å². The third-order valence-electron chi connectivity index (χ3n) is 5.33. The number of aromatic nitrogens is 4. The van der Waals surface area contributed by atoms with Crippen molar-refractivity contribution in [3.8, 4) is 0 Å². The zero-order valence-corrected chi connectivity index (χ0v) is 16.1. The van der Waals surface area contributed by atoms with Crippen LogP contribution in [0.5, 0.6) is 0 Å². The van der Waals surface area contributed by atoms with E-state index < -0.39 is 0 Å². The molecule has 0 bridgehead atoms. The second kappa shape index (κ2) is 7.29. The molecule has 1 fully saturated rings. The SMILES string of the molecule is Cc1ccc2c(c1)cc(CN(C[C@H]1CCCO1)C(=O)c1ccco1)c1nnnn12. The highest BCUT2D eigenvalue weighted by Crippen LogP contribution is 2.23. The van der Waals surface area contributed by atoms with Gasteiger partial charge in [-0.3, -0.25) is 4.79 Å². The monoisotopic (exact) mass is 391 g/mol. The predicted octanol–water partition coefficient (Wildman–Crippen LogP) is 3.00. The standard InChI is InChI=1S/C21H21N5O3/c1-14-6-7-18-15(10-14)11-16(20-22-23-24-26(18)20)12-25(13-17-4-2-8-28-17)21(27)19-5-3-9-29-19/h3,5-7,9-11,17H,2,4,8,12-13H2,1H3/t17-/m1/s1. The van der Waals surface area contributed by atoms with Crippen molar-refractivity contribution < 1.29 is 13.9 Å². The maximum absolute atomic E-state index is 13.1. The van der Waals surface area contributed by atoms with Gasteiger partial charge in [0, 0.05) is 30.6 Å². The number of fused-ring (bicyclic) bond motifs is 3. The Hall–Kier alpha value is -3.26. The molecular formula is C21H21N5O3. The van der Waals surface area contributed by atoms with E-state index in [0.29, 0.717) is 24.5 Å². The van der Waals surface area contributed by atoms with Gasteiger partial charge in [0.2, 0.25) is 0 Å². The Morgan fingerprint density at radius 2 is 2.24 bits per heavy atom. The maximum atomic E-state index is 13.1. The van der Waals surface area contributed by atoms with Crippen LogP contribution in [-0.2, 0) is 11.3 Å². The predicted molar refractivity (Wildman–Crippen MR) is 105 cm³/mol. The van der Waals surface area contributed by atoms with E-state index in [0.717, 1.165) is 41.5 Å². The summed E-state index contributed by atoms with van der Waals surface area (Å²) in [6.07, 6.45) is 3.50. The summed E-state index contributed by atoms with van der Waals surface area (Å²) in [6, 6.07) is 11.6. The molecule has 0 spiro atoms. The van der Waals surface area contributed by atoms with Crippen LogP contribution in [0.3, 0.4) is 0 Å². The van der Waals surface area contributed by atoms with Gasteiger partial charge in [0.1, 0.15) is 0 Å². The number of amides is 1. The molecule has 3 aromatic heterocycles. The van der Waals surface area contributed by atoms with Crippen LogP contribution in [0.25, 0.3) is 16.6 Å². The van der Waals surface area contributed by atoms with Crippen LogP contribution in [0.1, 0.15) is 34.5 Å². The average Bonchev–Trinajstić information content (AvgIpc) is 3.48. The fourth-order valence-electron chi connectivity index (χ4n) is 3.92. The topological polar surface area (TPSA) is 85.8 Å². The lowest BCUT2D eigenvalue weighted by Crippen LogP contribution is -2.37. The molecule has 29 heavy (non-hydrogen) atoms. The molecule has 0 N–H and O–H groups in total. The Bertz CT molecular complexity index is 1160. The molecule has 1 amide bonds. The maximum Gasteiger partial charge on any atom is 0.289 e. The molecule has 1 aliphatic heterocycles. The van der Waals surface area contributed by atoms with Crippen molar-refractivity contribution in [1.29, 1.82) is 0 Å². The second-order valence-corrected chi connectivity index (χ2v) is 7.44. The van der Waals surface area contributed by atoms with Crippen molar-refractivity contribution in [2.24, 2.45) is 0 Å². The third kappa shape index (κ3) is 3.36. The lowest BCUT2D eigenvalue weighted by molar-refractivity contribution is 0.0484.